The van der Waals surface area contributed by atoms with Gasteiger partial charge in [0, 0.05) is 18.9 Å². The van der Waals surface area contributed by atoms with E-state index in [1.54, 1.807) is 6.07 Å². The van der Waals surface area contributed by atoms with Crippen molar-refractivity contribution >= 4 is 21.3 Å². The molecule has 0 aromatic carbocycles. The SMILES string of the molecule is CS(=O)(=O)CCCNc1cc2n[nH]c(=O)n2cn1. The Bertz CT molecular complexity index is 702. The number of aromatic amines is 1. The third kappa shape index (κ3) is 3.06. The van der Waals surface area contributed by atoms with Gasteiger partial charge in [-0.1, -0.05) is 0 Å². The maximum atomic E-state index is 11.2. The number of rotatable bonds is 5. The highest BCUT2D eigenvalue weighted by Crippen LogP contribution is 2.04. The minimum absolute atomic E-state index is 0.129. The summed E-state index contributed by atoms with van der Waals surface area (Å²) >= 11 is 0. The van der Waals surface area contributed by atoms with Crippen LogP contribution in [0.3, 0.4) is 0 Å². The Labute approximate surface area is 103 Å². The Kier molecular flexibility index (Phi) is 3.32. The molecule has 2 heterocycles. The zero-order valence-electron chi connectivity index (χ0n) is 9.75. The van der Waals surface area contributed by atoms with E-state index in [1.165, 1.54) is 17.0 Å². The molecule has 2 rings (SSSR count). The van der Waals surface area contributed by atoms with Gasteiger partial charge in [-0.15, -0.1) is 0 Å². The lowest BCUT2D eigenvalue weighted by Gasteiger charge is -2.04. The smallest absolute Gasteiger partial charge is 0.348 e. The van der Waals surface area contributed by atoms with Gasteiger partial charge in [0.25, 0.3) is 0 Å². The number of sulfone groups is 1. The van der Waals surface area contributed by atoms with Gasteiger partial charge in [0.15, 0.2) is 5.65 Å². The molecule has 0 amide bonds. The molecule has 0 aliphatic carbocycles. The molecule has 9 heteroatoms. The van der Waals surface area contributed by atoms with Crippen LogP contribution in [-0.4, -0.2) is 46.6 Å². The standard InChI is InChI=1S/C9H13N5O3S/c1-18(16,17)4-2-3-10-7-5-8-12-13-9(15)14(8)6-11-7/h5-6,10H,2-4H2,1H3,(H,13,15). The van der Waals surface area contributed by atoms with Crippen molar-refractivity contribution in [2.24, 2.45) is 0 Å². The summed E-state index contributed by atoms with van der Waals surface area (Å²) in [6, 6.07) is 1.61. The highest BCUT2D eigenvalue weighted by Gasteiger charge is 2.03. The van der Waals surface area contributed by atoms with Crippen LogP contribution in [0.4, 0.5) is 5.82 Å². The predicted octanol–water partition coefficient (Wildman–Crippen LogP) is -0.736. The second kappa shape index (κ2) is 4.77. The van der Waals surface area contributed by atoms with Gasteiger partial charge in [0.2, 0.25) is 0 Å². The topological polar surface area (TPSA) is 109 Å². The Hall–Kier alpha value is -1.90. The molecule has 0 spiro atoms. The molecule has 18 heavy (non-hydrogen) atoms. The van der Waals surface area contributed by atoms with E-state index in [4.69, 9.17) is 0 Å². The van der Waals surface area contributed by atoms with Crippen molar-refractivity contribution < 1.29 is 8.42 Å². The normalized spacial score (nSPS) is 11.8. The largest absolute Gasteiger partial charge is 0.370 e. The molecule has 2 aromatic heterocycles. The number of hydrogen-bond acceptors (Lipinski definition) is 6. The minimum Gasteiger partial charge on any atom is -0.370 e. The fraction of sp³-hybridized carbons (Fsp3) is 0.444. The minimum atomic E-state index is -2.93. The van der Waals surface area contributed by atoms with E-state index in [0.717, 1.165) is 0 Å². The third-order valence-electron chi connectivity index (χ3n) is 2.31. The lowest BCUT2D eigenvalue weighted by molar-refractivity contribution is 0.600. The Morgan fingerprint density at radius 1 is 1.50 bits per heavy atom. The first kappa shape index (κ1) is 12.6. The van der Waals surface area contributed by atoms with Crippen LogP contribution in [0.1, 0.15) is 6.42 Å². The lowest BCUT2D eigenvalue weighted by atomic mass is 10.4. The second-order valence-electron chi connectivity index (χ2n) is 3.94. The number of nitrogens with zero attached hydrogens (tertiary/aromatic N) is 3. The average molecular weight is 271 g/mol. The number of aromatic nitrogens is 4. The van der Waals surface area contributed by atoms with E-state index in [2.05, 4.69) is 20.5 Å². The molecule has 8 nitrogen and oxygen atoms in total. The molecule has 0 unspecified atom stereocenters. The van der Waals surface area contributed by atoms with Gasteiger partial charge < -0.3 is 5.32 Å². The molecule has 0 aliphatic heterocycles. The Balaban J connectivity index is 1.98. The highest BCUT2D eigenvalue weighted by molar-refractivity contribution is 7.90. The van der Waals surface area contributed by atoms with Gasteiger partial charge in [-0.05, 0) is 6.42 Å². The lowest BCUT2D eigenvalue weighted by Crippen LogP contribution is -2.12. The molecule has 0 aliphatic rings. The van der Waals surface area contributed by atoms with Crippen molar-refractivity contribution in [2.45, 2.75) is 6.42 Å². The summed E-state index contributed by atoms with van der Waals surface area (Å²) in [5, 5.41) is 9.07. The summed E-state index contributed by atoms with van der Waals surface area (Å²) in [4.78, 5) is 15.2. The first-order valence-corrected chi connectivity index (χ1v) is 7.36. The molecule has 0 saturated carbocycles. The number of H-pyrrole nitrogens is 1. The number of hydrogen-bond donors (Lipinski definition) is 2. The maximum Gasteiger partial charge on any atom is 0.348 e. The van der Waals surface area contributed by atoms with Crippen LogP contribution in [-0.2, 0) is 9.84 Å². The monoisotopic (exact) mass is 271 g/mol. The van der Waals surface area contributed by atoms with Gasteiger partial charge in [-0.25, -0.2) is 27.7 Å². The average Bonchev–Trinajstić information content (AvgIpc) is 2.65. The van der Waals surface area contributed by atoms with E-state index in [9.17, 15) is 13.2 Å². The Morgan fingerprint density at radius 3 is 3.00 bits per heavy atom. The van der Waals surface area contributed by atoms with Crippen LogP contribution in [0.15, 0.2) is 17.2 Å². The molecule has 98 valence electrons. The molecule has 0 radical (unpaired) electrons. The van der Waals surface area contributed by atoms with E-state index < -0.39 is 9.84 Å². The van der Waals surface area contributed by atoms with Gasteiger partial charge in [-0.2, -0.15) is 5.10 Å². The van der Waals surface area contributed by atoms with Crippen molar-refractivity contribution in [1.29, 1.82) is 0 Å². The first-order valence-electron chi connectivity index (χ1n) is 5.30. The molecule has 0 fully saturated rings. The Morgan fingerprint density at radius 2 is 2.28 bits per heavy atom. The van der Waals surface area contributed by atoms with E-state index >= 15 is 0 Å². The molecular formula is C9H13N5O3S. The van der Waals surface area contributed by atoms with E-state index in [0.29, 0.717) is 24.4 Å². The summed E-state index contributed by atoms with van der Waals surface area (Å²) in [6.07, 6.45) is 3.06. The summed E-state index contributed by atoms with van der Waals surface area (Å²) in [7, 11) is -2.93. The van der Waals surface area contributed by atoms with Crippen LogP contribution in [0.25, 0.3) is 5.65 Å². The highest BCUT2D eigenvalue weighted by atomic mass is 32.2. The molecule has 2 N–H and O–H groups in total. The third-order valence-corrected chi connectivity index (χ3v) is 3.34. The van der Waals surface area contributed by atoms with E-state index in [1.807, 2.05) is 0 Å². The quantitative estimate of drug-likeness (QED) is 0.693. The summed E-state index contributed by atoms with van der Waals surface area (Å²) in [6.45, 7) is 0.491. The van der Waals surface area contributed by atoms with Crippen LogP contribution in [0.5, 0.6) is 0 Å². The van der Waals surface area contributed by atoms with Crippen LogP contribution in [0.2, 0.25) is 0 Å². The number of anilines is 1. The fourth-order valence-electron chi connectivity index (χ4n) is 1.46. The van der Waals surface area contributed by atoms with E-state index in [-0.39, 0.29) is 11.4 Å². The van der Waals surface area contributed by atoms with Crippen LogP contribution >= 0.6 is 0 Å². The number of nitrogens with one attached hydrogen (secondary N) is 2. The van der Waals surface area contributed by atoms with Crippen molar-refractivity contribution in [3.8, 4) is 0 Å². The molecule has 0 saturated heterocycles. The van der Waals surface area contributed by atoms with Crippen LogP contribution in [0, 0.1) is 0 Å². The zero-order chi connectivity index (χ0) is 13.2. The number of fused-ring (bicyclic) bond motifs is 1. The van der Waals surface area contributed by atoms with Crippen molar-refractivity contribution in [3.05, 3.63) is 22.9 Å². The zero-order valence-corrected chi connectivity index (χ0v) is 10.6. The molecule has 0 bridgehead atoms. The summed E-state index contributed by atoms with van der Waals surface area (Å²) < 4.78 is 23.1. The molecular weight excluding hydrogens is 258 g/mol. The molecule has 0 atom stereocenters. The second-order valence-corrected chi connectivity index (χ2v) is 6.20. The van der Waals surface area contributed by atoms with Crippen molar-refractivity contribution in [1.82, 2.24) is 19.6 Å². The molecule has 2 aromatic rings. The van der Waals surface area contributed by atoms with Crippen molar-refractivity contribution in [3.63, 3.8) is 0 Å². The first-order chi connectivity index (χ1) is 8.46. The maximum absolute atomic E-state index is 11.2. The summed E-state index contributed by atoms with van der Waals surface area (Å²) in [5.41, 5.74) is 0.113. The fourth-order valence-corrected chi connectivity index (χ4v) is 2.13. The van der Waals surface area contributed by atoms with Gasteiger partial charge in [-0.3, -0.25) is 0 Å². The van der Waals surface area contributed by atoms with Gasteiger partial charge in [0.05, 0.1) is 5.75 Å². The van der Waals surface area contributed by atoms with Gasteiger partial charge in [0.1, 0.15) is 22.0 Å². The summed E-state index contributed by atoms with van der Waals surface area (Å²) in [5.74, 6) is 0.680. The van der Waals surface area contributed by atoms with Gasteiger partial charge >= 0.3 is 5.69 Å². The predicted molar refractivity (Wildman–Crippen MR) is 66.4 cm³/mol. The van der Waals surface area contributed by atoms with Crippen LogP contribution < -0.4 is 11.0 Å². The van der Waals surface area contributed by atoms with Crippen molar-refractivity contribution in [2.75, 3.05) is 23.9 Å².